The van der Waals surface area contributed by atoms with Crippen LogP contribution in [0.2, 0.25) is 0 Å². The number of hydrogen-bond acceptors (Lipinski definition) is 3. The Hall–Kier alpha value is -1.50. The van der Waals surface area contributed by atoms with Gasteiger partial charge in [-0.05, 0) is 45.8 Å². The Balaban J connectivity index is 2.30. The zero-order chi connectivity index (χ0) is 15.4. The minimum Gasteiger partial charge on any atom is -0.389 e. The largest absolute Gasteiger partial charge is 0.389 e. The molecule has 0 saturated heterocycles. The van der Waals surface area contributed by atoms with Crippen molar-refractivity contribution in [3.05, 3.63) is 57.8 Å². The molecule has 2 aromatic rings. The van der Waals surface area contributed by atoms with Gasteiger partial charge < -0.3 is 15.8 Å². The second kappa shape index (κ2) is 6.98. The molecule has 0 aliphatic heterocycles. The van der Waals surface area contributed by atoms with E-state index in [-0.39, 0.29) is 9.46 Å². The highest BCUT2D eigenvalue weighted by molar-refractivity contribution is 9.10. The van der Waals surface area contributed by atoms with Gasteiger partial charge in [-0.3, -0.25) is 0 Å². The summed E-state index contributed by atoms with van der Waals surface area (Å²) in [6.07, 6.45) is 0. The van der Waals surface area contributed by atoms with E-state index in [0.29, 0.717) is 17.9 Å². The van der Waals surface area contributed by atoms with Crippen molar-refractivity contribution in [2.24, 2.45) is 5.73 Å². The minimum absolute atomic E-state index is 0.148. The van der Waals surface area contributed by atoms with Crippen LogP contribution in [0.3, 0.4) is 0 Å². The van der Waals surface area contributed by atoms with Crippen molar-refractivity contribution < 1.29 is 9.13 Å². The summed E-state index contributed by atoms with van der Waals surface area (Å²) in [7, 11) is 1.63. The van der Waals surface area contributed by atoms with Crippen molar-refractivity contribution in [3.8, 4) is 0 Å². The van der Waals surface area contributed by atoms with Gasteiger partial charge in [0.15, 0.2) is 5.82 Å². The first kappa shape index (κ1) is 15.9. The predicted molar refractivity (Wildman–Crippen MR) is 90.4 cm³/mol. The highest BCUT2D eigenvalue weighted by Gasteiger charge is 2.13. The second-order valence-corrected chi connectivity index (χ2v) is 5.64. The van der Waals surface area contributed by atoms with E-state index in [1.165, 1.54) is 0 Å². The van der Waals surface area contributed by atoms with Crippen molar-refractivity contribution in [1.82, 2.24) is 0 Å². The van der Waals surface area contributed by atoms with Crippen LogP contribution >= 0.6 is 28.1 Å². The molecule has 0 atom stereocenters. The number of rotatable bonds is 5. The van der Waals surface area contributed by atoms with E-state index in [1.54, 1.807) is 19.2 Å². The summed E-state index contributed by atoms with van der Waals surface area (Å²) in [6, 6.07) is 10.9. The molecule has 3 nitrogen and oxygen atoms in total. The number of thiocarbonyl (C=S) groups is 1. The summed E-state index contributed by atoms with van der Waals surface area (Å²) in [6.45, 7) is 0.502. The number of ether oxygens (including phenoxy) is 1. The molecular weight excluding hydrogens is 355 g/mol. The summed E-state index contributed by atoms with van der Waals surface area (Å²) in [4.78, 5) is 0.148. The van der Waals surface area contributed by atoms with Crippen LogP contribution < -0.4 is 11.1 Å². The molecule has 0 aromatic heterocycles. The topological polar surface area (TPSA) is 47.3 Å². The number of anilines is 2. The maximum absolute atomic E-state index is 14.3. The van der Waals surface area contributed by atoms with Crippen LogP contribution in [0.5, 0.6) is 0 Å². The summed E-state index contributed by atoms with van der Waals surface area (Å²) >= 11 is 8.06. The summed E-state index contributed by atoms with van der Waals surface area (Å²) < 4.78 is 19.6. The Morgan fingerprint density at radius 2 is 2.14 bits per heavy atom. The average Bonchev–Trinajstić information content (AvgIpc) is 2.44. The molecule has 0 spiro atoms. The van der Waals surface area contributed by atoms with Gasteiger partial charge in [-0.1, -0.05) is 24.4 Å². The molecule has 0 aliphatic carbocycles. The molecular formula is C15H14BrFN2OS. The van der Waals surface area contributed by atoms with Crippen molar-refractivity contribution in [2.45, 2.75) is 6.61 Å². The van der Waals surface area contributed by atoms with E-state index >= 15 is 0 Å². The molecule has 0 saturated carbocycles. The molecule has 0 heterocycles. The van der Waals surface area contributed by atoms with Crippen molar-refractivity contribution >= 4 is 44.5 Å². The fourth-order valence-corrected chi connectivity index (χ4v) is 2.76. The number of benzene rings is 2. The Bertz CT molecular complexity index is 679. The second-order valence-electron chi connectivity index (χ2n) is 4.41. The number of nitrogens with one attached hydrogen (secondary N) is 1. The lowest BCUT2D eigenvalue weighted by Gasteiger charge is -2.12. The van der Waals surface area contributed by atoms with Crippen molar-refractivity contribution in [3.63, 3.8) is 0 Å². The van der Waals surface area contributed by atoms with Crippen LogP contribution in [0, 0.1) is 5.82 Å². The fourth-order valence-electron chi connectivity index (χ4n) is 1.90. The Morgan fingerprint density at radius 3 is 2.81 bits per heavy atom. The quantitative estimate of drug-likeness (QED) is 0.779. The SMILES string of the molecule is COCc1cccc(Nc2ccc(C(N)=S)c(Br)c2F)c1. The first-order valence-corrected chi connectivity index (χ1v) is 7.35. The van der Waals surface area contributed by atoms with Gasteiger partial charge in [-0.25, -0.2) is 4.39 Å². The minimum atomic E-state index is -0.433. The predicted octanol–water partition coefficient (Wildman–Crippen LogP) is 4.11. The zero-order valence-corrected chi connectivity index (χ0v) is 13.7. The number of methoxy groups -OCH3 is 1. The van der Waals surface area contributed by atoms with Gasteiger partial charge in [0.2, 0.25) is 0 Å². The zero-order valence-electron chi connectivity index (χ0n) is 11.3. The lowest BCUT2D eigenvalue weighted by molar-refractivity contribution is 0.185. The smallest absolute Gasteiger partial charge is 0.161 e. The summed E-state index contributed by atoms with van der Waals surface area (Å²) in [5.41, 5.74) is 8.13. The van der Waals surface area contributed by atoms with Crippen LogP contribution in [-0.4, -0.2) is 12.1 Å². The monoisotopic (exact) mass is 368 g/mol. The lowest BCUT2D eigenvalue weighted by atomic mass is 10.1. The highest BCUT2D eigenvalue weighted by atomic mass is 79.9. The number of hydrogen-bond donors (Lipinski definition) is 2. The maximum Gasteiger partial charge on any atom is 0.161 e. The van der Waals surface area contributed by atoms with Crippen LogP contribution in [0.15, 0.2) is 40.9 Å². The highest BCUT2D eigenvalue weighted by Crippen LogP contribution is 2.29. The Labute approximate surface area is 136 Å². The van der Waals surface area contributed by atoms with Crippen LogP contribution in [-0.2, 0) is 11.3 Å². The lowest BCUT2D eigenvalue weighted by Crippen LogP contribution is -2.11. The van der Waals surface area contributed by atoms with Crippen LogP contribution in [0.4, 0.5) is 15.8 Å². The Morgan fingerprint density at radius 1 is 1.38 bits per heavy atom. The third kappa shape index (κ3) is 3.78. The van der Waals surface area contributed by atoms with Gasteiger partial charge in [-0.2, -0.15) is 0 Å². The van der Waals surface area contributed by atoms with Gasteiger partial charge in [-0.15, -0.1) is 0 Å². The maximum atomic E-state index is 14.3. The fraction of sp³-hybridized carbons (Fsp3) is 0.133. The normalized spacial score (nSPS) is 10.4. The molecule has 0 unspecified atom stereocenters. The van der Waals surface area contributed by atoms with E-state index in [9.17, 15) is 4.39 Å². The van der Waals surface area contributed by atoms with E-state index in [0.717, 1.165) is 11.3 Å². The molecule has 2 aromatic carbocycles. The molecule has 6 heteroatoms. The van der Waals surface area contributed by atoms with Crippen molar-refractivity contribution in [1.29, 1.82) is 0 Å². The van der Waals surface area contributed by atoms with Crippen LogP contribution in [0.25, 0.3) is 0 Å². The molecule has 0 aliphatic rings. The molecule has 110 valence electrons. The van der Waals surface area contributed by atoms with Gasteiger partial charge in [0.1, 0.15) is 4.99 Å². The molecule has 21 heavy (non-hydrogen) atoms. The molecule has 3 N–H and O–H groups in total. The first-order chi connectivity index (χ1) is 10.0. The molecule has 0 bridgehead atoms. The van der Waals surface area contributed by atoms with Gasteiger partial charge >= 0.3 is 0 Å². The Kier molecular flexibility index (Phi) is 5.27. The van der Waals surface area contributed by atoms with E-state index < -0.39 is 5.82 Å². The van der Waals surface area contributed by atoms with Crippen molar-refractivity contribution in [2.75, 3.05) is 12.4 Å². The molecule has 0 radical (unpaired) electrons. The third-order valence-corrected chi connectivity index (χ3v) is 3.86. The number of nitrogens with two attached hydrogens (primary N) is 1. The molecule has 2 rings (SSSR count). The summed E-state index contributed by atoms with van der Waals surface area (Å²) in [5.74, 6) is -0.433. The standard InChI is InChI=1S/C15H14BrFN2OS/c1-20-8-9-3-2-4-10(7-9)19-12-6-5-11(15(18)21)13(16)14(12)17/h2-7,19H,8H2,1H3,(H2,18,21). The first-order valence-electron chi connectivity index (χ1n) is 6.15. The van der Waals surface area contributed by atoms with Crippen LogP contribution in [0.1, 0.15) is 11.1 Å². The van der Waals surface area contributed by atoms with E-state index in [2.05, 4.69) is 21.2 Å². The van der Waals surface area contributed by atoms with Gasteiger partial charge in [0.05, 0.1) is 16.8 Å². The molecule has 0 fully saturated rings. The van der Waals surface area contributed by atoms with Gasteiger partial charge in [0.25, 0.3) is 0 Å². The molecule has 0 amide bonds. The number of halogens is 2. The third-order valence-electron chi connectivity index (χ3n) is 2.86. The van der Waals surface area contributed by atoms with E-state index in [4.69, 9.17) is 22.7 Å². The van der Waals surface area contributed by atoms with Gasteiger partial charge in [0, 0.05) is 18.4 Å². The average molecular weight is 369 g/mol. The van der Waals surface area contributed by atoms with E-state index in [1.807, 2.05) is 24.3 Å². The summed E-state index contributed by atoms with van der Waals surface area (Å²) in [5, 5.41) is 3.03.